The number of aromatic nitrogens is 2. The molecule has 3 aromatic rings. The van der Waals surface area contributed by atoms with Crippen molar-refractivity contribution in [1.29, 1.82) is 10.8 Å². The highest BCUT2D eigenvalue weighted by molar-refractivity contribution is 6.61. The number of hydrazone groups is 2. The summed E-state index contributed by atoms with van der Waals surface area (Å²) in [6.07, 6.45) is 9.43. The van der Waals surface area contributed by atoms with E-state index < -0.39 is 0 Å². The molecule has 330 valence electrons. The van der Waals surface area contributed by atoms with Crippen molar-refractivity contribution in [2.45, 2.75) is 109 Å². The van der Waals surface area contributed by atoms with Crippen molar-refractivity contribution >= 4 is 57.2 Å². The number of nitrogens with one attached hydrogen (secondary N) is 4. The number of allylic oxidation sites excluding steroid dienone is 4. The molecule has 2 aromatic carbocycles. The van der Waals surface area contributed by atoms with Crippen LogP contribution in [0, 0.1) is 47.3 Å². The van der Waals surface area contributed by atoms with E-state index in [2.05, 4.69) is 88.4 Å². The van der Waals surface area contributed by atoms with Crippen LogP contribution in [0.25, 0.3) is 11.1 Å². The number of carbonyl (C=O) groups excluding carboxylic acids is 2. The molecule has 2 unspecified atom stereocenters. The number of anilines is 2. The van der Waals surface area contributed by atoms with E-state index in [0.717, 1.165) is 36.8 Å². The third-order valence-corrected chi connectivity index (χ3v) is 11.9. The molecular weight excluding hydrogens is 773 g/mol. The molecule has 2 amide bonds. The SMILES string of the molecule is CCCCN(CC)C(=O)c1cccc(C)c1N/N=C1\C(=N)C(c2cc(C3=CC(C(C)(C)C)/C(=N\Nc4c(C)cccc4C(=O)N(CC)CCCC)C3=N)ncn2)=CC1C(C)(C)C. The number of amides is 2. The highest BCUT2D eigenvalue weighted by atomic mass is 16.2. The van der Waals surface area contributed by atoms with Crippen LogP contribution >= 0.6 is 0 Å². The summed E-state index contributed by atoms with van der Waals surface area (Å²) < 4.78 is 0. The molecule has 12 heteroatoms. The fourth-order valence-electron chi connectivity index (χ4n) is 7.96. The first-order chi connectivity index (χ1) is 29.4. The summed E-state index contributed by atoms with van der Waals surface area (Å²) in [5, 5.41) is 28.8. The molecule has 0 aliphatic heterocycles. The number of hydrogen-bond donors (Lipinski definition) is 4. The maximum atomic E-state index is 13.8. The van der Waals surface area contributed by atoms with Crippen LogP contribution in [0.2, 0.25) is 0 Å². The molecule has 0 saturated heterocycles. The van der Waals surface area contributed by atoms with Crippen molar-refractivity contribution in [3.05, 3.63) is 94.6 Å². The molecule has 1 heterocycles. The Kier molecular flexibility index (Phi) is 15.2. The largest absolute Gasteiger partial charge is 0.339 e. The van der Waals surface area contributed by atoms with Crippen molar-refractivity contribution in [3.8, 4) is 0 Å². The molecule has 1 aromatic heterocycles. The molecule has 0 radical (unpaired) electrons. The van der Waals surface area contributed by atoms with Gasteiger partial charge < -0.3 is 9.80 Å². The van der Waals surface area contributed by atoms with E-state index >= 15 is 0 Å². The van der Waals surface area contributed by atoms with Crippen LogP contribution < -0.4 is 10.9 Å². The summed E-state index contributed by atoms with van der Waals surface area (Å²) in [4.78, 5) is 40.6. The molecule has 12 nitrogen and oxygen atoms in total. The topological polar surface area (TPSA) is 163 Å². The van der Waals surface area contributed by atoms with Gasteiger partial charge in [-0.1, -0.05) is 105 Å². The van der Waals surface area contributed by atoms with Gasteiger partial charge in [0.15, 0.2) is 0 Å². The van der Waals surface area contributed by atoms with Gasteiger partial charge in [-0.2, -0.15) is 10.2 Å². The van der Waals surface area contributed by atoms with Crippen molar-refractivity contribution in [3.63, 3.8) is 0 Å². The molecule has 2 aliphatic carbocycles. The van der Waals surface area contributed by atoms with Gasteiger partial charge in [0.05, 0.1) is 56.7 Å². The Balaban J connectivity index is 1.47. The van der Waals surface area contributed by atoms with Gasteiger partial charge in [0.25, 0.3) is 11.8 Å². The van der Waals surface area contributed by atoms with Crippen LogP contribution in [-0.2, 0) is 0 Å². The average Bonchev–Trinajstić information content (AvgIpc) is 3.76. The van der Waals surface area contributed by atoms with Crippen LogP contribution in [0.4, 0.5) is 11.4 Å². The van der Waals surface area contributed by atoms with Crippen LogP contribution in [0.15, 0.2) is 71.1 Å². The Labute approximate surface area is 369 Å². The Bertz CT molecular complexity index is 2150. The number of para-hydroxylation sites is 2. The highest BCUT2D eigenvalue weighted by Gasteiger charge is 2.40. The van der Waals surface area contributed by atoms with Crippen molar-refractivity contribution < 1.29 is 9.59 Å². The minimum atomic E-state index is -0.297. The lowest BCUT2D eigenvalue weighted by molar-refractivity contribution is 0.0755. The van der Waals surface area contributed by atoms with Gasteiger partial charge >= 0.3 is 0 Å². The number of rotatable bonds is 16. The quantitative estimate of drug-likeness (QED) is 0.105. The second-order valence-corrected chi connectivity index (χ2v) is 18.6. The molecule has 2 atom stereocenters. The molecule has 5 rings (SSSR count). The predicted octanol–water partition coefficient (Wildman–Crippen LogP) is 10.7. The molecule has 0 saturated carbocycles. The monoisotopic (exact) mass is 841 g/mol. The lowest BCUT2D eigenvalue weighted by atomic mass is 9.79. The molecule has 62 heavy (non-hydrogen) atoms. The first-order valence-electron chi connectivity index (χ1n) is 22.3. The molecule has 2 aliphatic rings. The summed E-state index contributed by atoms with van der Waals surface area (Å²) in [5.74, 6) is -0.559. The molecule has 4 N–H and O–H groups in total. The zero-order valence-electron chi connectivity index (χ0n) is 39.1. The van der Waals surface area contributed by atoms with E-state index in [9.17, 15) is 20.4 Å². The predicted molar refractivity (Wildman–Crippen MR) is 257 cm³/mol. The summed E-state index contributed by atoms with van der Waals surface area (Å²) in [5.41, 5.74) is 13.9. The van der Waals surface area contributed by atoms with Crippen LogP contribution in [0.1, 0.15) is 138 Å². The summed E-state index contributed by atoms with van der Waals surface area (Å²) in [6, 6.07) is 13.2. The second kappa shape index (κ2) is 19.9. The zero-order chi connectivity index (χ0) is 45.5. The number of unbranched alkanes of at least 4 members (excludes halogenated alkanes) is 2. The molecule has 0 fully saturated rings. The minimum absolute atomic E-state index is 0.0471. The van der Waals surface area contributed by atoms with Gasteiger partial charge in [-0.05, 0) is 80.7 Å². The average molecular weight is 841 g/mol. The fraction of sp³-hybridized carbons (Fsp3) is 0.480. The van der Waals surface area contributed by atoms with Crippen molar-refractivity contribution in [2.75, 3.05) is 37.0 Å². The Hall–Kier alpha value is -5.78. The maximum Gasteiger partial charge on any atom is 0.256 e. The highest BCUT2D eigenvalue weighted by Crippen LogP contribution is 2.41. The lowest BCUT2D eigenvalue weighted by Gasteiger charge is -2.26. The number of benzene rings is 2. The fourth-order valence-corrected chi connectivity index (χ4v) is 7.96. The Morgan fingerprint density at radius 2 is 1.05 bits per heavy atom. The number of aryl methyl sites for hydroxylation is 2. The molecular formula is C50H68N10O2. The summed E-state index contributed by atoms with van der Waals surface area (Å²) in [7, 11) is 0. The van der Waals surface area contributed by atoms with Gasteiger partial charge in [-0.15, -0.1) is 0 Å². The Morgan fingerprint density at radius 3 is 1.39 bits per heavy atom. The van der Waals surface area contributed by atoms with Crippen LogP contribution in [0.5, 0.6) is 0 Å². The van der Waals surface area contributed by atoms with E-state index in [4.69, 9.17) is 10.2 Å². The standard InChI is InChI=1S/C50H68N10O2/c1-13-17-25-59(15-3)47(61)33-23-19-21-31(5)43(33)55-57-45-37(49(7,8)9)27-35(41(45)51)39-29-40(54-30-53-39)36-28-38(50(10,11)12)46(42(36)52)58-56-44-32(6)22-20-24-34(44)48(62)60(16-4)26-18-14-2/h19-24,27-30,37-38,51-52,55-56H,13-18,25-26H2,1-12H3/b51-41?,52-42?,57-45-,58-46+. The van der Waals surface area contributed by atoms with Gasteiger partial charge in [0.2, 0.25) is 0 Å². The zero-order valence-corrected chi connectivity index (χ0v) is 39.1. The smallest absolute Gasteiger partial charge is 0.256 e. The number of nitrogens with zero attached hydrogens (tertiary/aromatic N) is 6. The molecule has 0 spiro atoms. The first-order valence-corrected chi connectivity index (χ1v) is 22.3. The Morgan fingerprint density at radius 1 is 0.661 bits per heavy atom. The second-order valence-electron chi connectivity index (χ2n) is 18.6. The normalized spacial score (nSPS) is 18.0. The number of carbonyl (C=O) groups is 2. The van der Waals surface area contributed by atoms with Crippen LogP contribution in [0.3, 0.4) is 0 Å². The first kappa shape index (κ1) is 47.3. The van der Waals surface area contributed by atoms with Gasteiger partial charge in [0, 0.05) is 49.2 Å². The van der Waals surface area contributed by atoms with E-state index in [1.165, 1.54) is 6.33 Å². The van der Waals surface area contributed by atoms with E-state index in [1.807, 2.05) is 80.0 Å². The summed E-state index contributed by atoms with van der Waals surface area (Å²) in [6.45, 7) is 27.5. The lowest BCUT2D eigenvalue weighted by Crippen LogP contribution is -2.32. The van der Waals surface area contributed by atoms with Crippen LogP contribution in [-0.4, -0.2) is 80.6 Å². The van der Waals surface area contributed by atoms with E-state index in [-0.39, 0.29) is 45.9 Å². The third-order valence-electron chi connectivity index (χ3n) is 11.9. The van der Waals surface area contributed by atoms with Gasteiger partial charge in [0.1, 0.15) is 6.33 Å². The molecule has 0 bridgehead atoms. The van der Waals surface area contributed by atoms with Crippen molar-refractivity contribution in [1.82, 2.24) is 19.8 Å². The summed E-state index contributed by atoms with van der Waals surface area (Å²) >= 11 is 0. The third kappa shape index (κ3) is 10.3. The van der Waals surface area contributed by atoms with E-state index in [0.29, 0.717) is 82.6 Å². The van der Waals surface area contributed by atoms with Gasteiger partial charge in [-0.25, -0.2) is 9.97 Å². The minimum Gasteiger partial charge on any atom is -0.339 e. The number of hydrogen-bond acceptors (Lipinski definition) is 10. The van der Waals surface area contributed by atoms with E-state index in [1.54, 1.807) is 0 Å². The maximum absolute atomic E-state index is 13.8. The van der Waals surface area contributed by atoms with Gasteiger partial charge in [-0.3, -0.25) is 31.3 Å². The van der Waals surface area contributed by atoms with Crippen molar-refractivity contribution in [2.24, 2.45) is 32.9 Å².